The molecule has 8 heteroatoms. The second-order valence-corrected chi connectivity index (χ2v) is 5.66. The Labute approximate surface area is 116 Å². The number of aliphatic carboxylic acids is 1. The zero-order valence-corrected chi connectivity index (χ0v) is 11.6. The van der Waals surface area contributed by atoms with Crippen molar-refractivity contribution in [1.82, 2.24) is 20.1 Å². The molecule has 1 aromatic heterocycles. The molecule has 1 unspecified atom stereocenters. The van der Waals surface area contributed by atoms with Crippen molar-refractivity contribution in [3.63, 3.8) is 0 Å². The number of nitrogens with one attached hydrogen (secondary N) is 1. The first-order chi connectivity index (χ1) is 9.32. The van der Waals surface area contributed by atoms with Crippen LogP contribution in [0.15, 0.2) is 0 Å². The Morgan fingerprint density at radius 2 is 2.20 bits per heavy atom. The topological polar surface area (TPSA) is 125 Å². The number of hydrogen-bond donors (Lipinski definition) is 3. The highest BCUT2D eigenvalue weighted by Crippen LogP contribution is 2.34. The number of carboxylic acid groups (broad SMARTS) is 1. The summed E-state index contributed by atoms with van der Waals surface area (Å²) in [4.78, 5) is 29.0. The molecule has 110 valence electrons. The Morgan fingerprint density at radius 3 is 2.75 bits per heavy atom. The molecule has 1 aliphatic rings. The first kappa shape index (κ1) is 14.3. The number of nitrogens with zero attached hydrogens (tertiary/aromatic N) is 3. The smallest absolute Gasteiger partial charge is 0.309 e. The van der Waals surface area contributed by atoms with Crippen LogP contribution in [0.4, 0.5) is 5.95 Å². The molecule has 1 atom stereocenters. The van der Waals surface area contributed by atoms with Gasteiger partial charge in [-0.1, -0.05) is 0 Å². The number of aromatic amines is 1. The molecule has 1 aliphatic heterocycles. The van der Waals surface area contributed by atoms with Crippen LogP contribution in [0.25, 0.3) is 0 Å². The SMILES string of the molecule is CC(C)(C(=O)O)C1CCCN(C(=O)c2nc(N)n[nH]2)C1. The van der Waals surface area contributed by atoms with Crippen LogP contribution in [-0.2, 0) is 4.79 Å². The number of carbonyl (C=O) groups is 2. The summed E-state index contributed by atoms with van der Waals surface area (Å²) >= 11 is 0. The number of piperidine rings is 1. The van der Waals surface area contributed by atoms with Crippen LogP contribution in [0.3, 0.4) is 0 Å². The van der Waals surface area contributed by atoms with Crippen molar-refractivity contribution in [2.45, 2.75) is 26.7 Å². The van der Waals surface area contributed by atoms with E-state index in [2.05, 4.69) is 15.2 Å². The number of rotatable bonds is 3. The molecule has 2 heterocycles. The van der Waals surface area contributed by atoms with Gasteiger partial charge in [0.05, 0.1) is 5.41 Å². The molecule has 0 aliphatic carbocycles. The van der Waals surface area contributed by atoms with Gasteiger partial charge in [0.25, 0.3) is 5.91 Å². The number of amides is 1. The summed E-state index contributed by atoms with van der Waals surface area (Å²) in [5.74, 6) is -1.11. The Morgan fingerprint density at radius 1 is 1.50 bits per heavy atom. The molecule has 0 bridgehead atoms. The van der Waals surface area contributed by atoms with E-state index in [0.29, 0.717) is 13.1 Å². The van der Waals surface area contributed by atoms with E-state index in [4.69, 9.17) is 5.73 Å². The number of aromatic nitrogens is 3. The lowest BCUT2D eigenvalue weighted by Gasteiger charge is -2.38. The number of nitrogen functional groups attached to an aromatic ring is 1. The van der Waals surface area contributed by atoms with Crippen molar-refractivity contribution < 1.29 is 14.7 Å². The molecule has 0 radical (unpaired) electrons. The van der Waals surface area contributed by atoms with E-state index in [1.807, 2.05) is 0 Å². The third-order valence-electron chi connectivity index (χ3n) is 3.99. The summed E-state index contributed by atoms with van der Waals surface area (Å²) in [6.45, 7) is 4.38. The van der Waals surface area contributed by atoms with Crippen molar-refractivity contribution in [3.05, 3.63) is 5.82 Å². The molecule has 1 saturated heterocycles. The molecule has 8 nitrogen and oxygen atoms in total. The Balaban J connectivity index is 2.11. The number of carboxylic acids is 1. The van der Waals surface area contributed by atoms with E-state index in [1.54, 1.807) is 18.7 Å². The van der Waals surface area contributed by atoms with E-state index in [-0.39, 0.29) is 23.6 Å². The highest BCUT2D eigenvalue weighted by molar-refractivity contribution is 5.90. The minimum absolute atomic E-state index is 0.0211. The van der Waals surface area contributed by atoms with Crippen LogP contribution >= 0.6 is 0 Å². The standard InChI is InChI=1S/C12H19N5O3/c1-12(2,10(19)20)7-4-3-5-17(6-7)9(18)8-14-11(13)16-15-8/h7H,3-6H2,1-2H3,(H,19,20)(H3,13,14,15,16). The zero-order valence-electron chi connectivity index (χ0n) is 11.6. The molecule has 0 saturated carbocycles. The minimum Gasteiger partial charge on any atom is -0.481 e. The molecular formula is C12H19N5O3. The van der Waals surface area contributed by atoms with Gasteiger partial charge in [0.15, 0.2) is 0 Å². The summed E-state index contributed by atoms with van der Waals surface area (Å²) in [5.41, 5.74) is 4.52. The molecule has 4 N–H and O–H groups in total. The molecular weight excluding hydrogens is 262 g/mol. The fraction of sp³-hybridized carbons (Fsp3) is 0.667. The third kappa shape index (κ3) is 2.59. The van der Waals surface area contributed by atoms with Crippen LogP contribution < -0.4 is 5.73 Å². The number of H-pyrrole nitrogens is 1. The van der Waals surface area contributed by atoms with Crippen LogP contribution in [0.2, 0.25) is 0 Å². The minimum atomic E-state index is -0.862. The van der Waals surface area contributed by atoms with Crippen LogP contribution in [-0.4, -0.2) is 50.2 Å². The second kappa shape index (κ2) is 5.10. The monoisotopic (exact) mass is 281 g/mol. The van der Waals surface area contributed by atoms with Gasteiger partial charge in [-0.2, -0.15) is 4.98 Å². The van der Waals surface area contributed by atoms with E-state index < -0.39 is 11.4 Å². The van der Waals surface area contributed by atoms with Crippen molar-refractivity contribution in [2.75, 3.05) is 18.8 Å². The lowest BCUT2D eigenvalue weighted by Crippen LogP contribution is -2.47. The predicted octanol–water partition coefficient (Wildman–Crippen LogP) is 0.350. The summed E-state index contributed by atoms with van der Waals surface area (Å²) in [5, 5.41) is 15.4. The quantitative estimate of drug-likeness (QED) is 0.734. The molecule has 20 heavy (non-hydrogen) atoms. The molecule has 1 fully saturated rings. The van der Waals surface area contributed by atoms with Gasteiger partial charge >= 0.3 is 5.97 Å². The van der Waals surface area contributed by atoms with E-state index in [1.165, 1.54) is 0 Å². The first-order valence-electron chi connectivity index (χ1n) is 6.53. The van der Waals surface area contributed by atoms with Gasteiger partial charge in [-0.3, -0.25) is 14.7 Å². The Kier molecular flexibility index (Phi) is 3.65. The lowest BCUT2D eigenvalue weighted by atomic mass is 9.74. The maximum absolute atomic E-state index is 12.2. The molecule has 1 amide bonds. The number of anilines is 1. The van der Waals surface area contributed by atoms with Crippen molar-refractivity contribution in [2.24, 2.45) is 11.3 Å². The summed E-state index contributed by atoms with van der Waals surface area (Å²) in [6, 6.07) is 0. The van der Waals surface area contributed by atoms with Crippen LogP contribution in [0.1, 0.15) is 37.3 Å². The third-order valence-corrected chi connectivity index (χ3v) is 3.99. The molecule has 0 aromatic carbocycles. The summed E-state index contributed by atoms with van der Waals surface area (Å²) < 4.78 is 0. The highest BCUT2D eigenvalue weighted by atomic mass is 16.4. The molecule has 2 rings (SSSR count). The average Bonchev–Trinajstić information content (AvgIpc) is 2.84. The van der Waals surface area contributed by atoms with Gasteiger partial charge in [-0.15, -0.1) is 5.10 Å². The Hall–Kier alpha value is -2.12. The lowest BCUT2D eigenvalue weighted by molar-refractivity contribution is -0.151. The van der Waals surface area contributed by atoms with Gasteiger partial charge in [0.2, 0.25) is 11.8 Å². The highest BCUT2D eigenvalue weighted by Gasteiger charge is 2.40. The van der Waals surface area contributed by atoms with Gasteiger partial charge < -0.3 is 15.7 Å². The van der Waals surface area contributed by atoms with Crippen LogP contribution in [0, 0.1) is 11.3 Å². The number of likely N-dealkylation sites (tertiary alicyclic amines) is 1. The molecule has 0 spiro atoms. The second-order valence-electron chi connectivity index (χ2n) is 5.66. The van der Waals surface area contributed by atoms with Crippen molar-refractivity contribution in [3.8, 4) is 0 Å². The van der Waals surface area contributed by atoms with Crippen molar-refractivity contribution in [1.29, 1.82) is 0 Å². The average molecular weight is 281 g/mol. The normalized spacial score (nSPS) is 19.9. The number of nitrogens with two attached hydrogens (primary N) is 1. The Bertz CT molecular complexity index is 525. The fourth-order valence-corrected chi connectivity index (χ4v) is 2.45. The first-order valence-corrected chi connectivity index (χ1v) is 6.53. The predicted molar refractivity (Wildman–Crippen MR) is 70.8 cm³/mol. The maximum Gasteiger partial charge on any atom is 0.309 e. The fourth-order valence-electron chi connectivity index (χ4n) is 2.45. The van der Waals surface area contributed by atoms with E-state index in [9.17, 15) is 14.7 Å². The maximum atomic E-state index is 12.2. The van der Waals surface area contributed by atoms with E-state index in [0.717, 1.165) is 12.8 Å². The molecule has 1 aromatic rings. The van der Waals surface area contributed by atoms with Crippen molar-refractivity contribution >= 4 is 17.8 Å². The summed E-state index contributed by atoms with van der Waals surface area (Å²) in [7, 11) is 0. The largest absolute Gasteiger partial charge is 0.481 e. The van der Waals surface area contributed by atoms with E-state index >= 15 is 0 Å². The van der Waals surface area contributed by atoms with Crippen LogP contribution in [0.5, 0.6) is 0 Å². The number of carbonyl (C=O) groups excluding carboxylic acids is 1. The van der Waals surface area contributed by atoms with Gasteiger partial charge in [-0.25, -0.2) is 0 Å². The van der Waals surface area contributed by atoms with Gasteiger partial charge in [0.1, 0.15) is 0 Å². The number of hydrogen-bond acceptors (Lipinski definition) is 5. The van der Waals surface area contributed by atoms with Gasteiger partial charge in [-0.05, 0) is 32.6 Å². The zero-order chi connectivity index (χ0) is 14.9. The van der Waals surface area contributed by atoms with Gasteiger partial charge in [0, 0.05) is 13.1 Å². The summed E-state index contributed by atoms with van der Waals surface area (Å²) in [6.07, 6.45) is 1.57.